The lowest BCUT2D eigenvalue weighted by molar-refractivity contribution is -0.137. The fourth-order valence-electron chi connectivity index (χ4n) is 1.94. The van der Waals surface area contributed by atoms with Crippen LogP contribution in [-0.4, -0.2) is 35.9 Å². The molecule has 124 valence electrons. The molecule has 1 amide bonds. The normalized spacial score (nSPS) is 11.5. The summed E-state index contributed by atoms with van der Waals surface area (Å²) in [6.45, 7) is -0.108. The number of alkyl halides is 3. The third-order valence-electron chi connectivity index (χ3n) is 2.99. The Bertz CT molecular complexity index is 841. The first kappa shape index (κ1) is 15.6. The second-order valence-electron chi connectivity index (χ2n) is 4.75. The van der Waals surface area contributed by atoms with Gasteiger partial charge in [-0.1, -0.05) is 6.07 Å². The van der Waals surface area contributed by atoms with Crippen LogP contribution >= 0.6 is 0 Å². The van der Waals surface area contributed by atoms with Crippen molar-refractivity contribution in [2.45, 2.75) is 12.7 Å². The molecule has 2 aromatic heterocycles. The first-order valence-electron chi connectivity index (χ1n) is 6.66. The standard InChI is InChI=1S/C13H10F3N7O/c14-13(15,16)9-2-1-3-10(6-9)23-5-4-11(19-23)18-12(24)7-22-8-17-20-21-22/h1-6,8H,7H2,(H,18,19,24). The molecular weight excluding hydrogens is 327 g/mol. The Kier molecular flexibility index (Phi) is 3.98. The number of amides is 1. The van der Waals surface area contributed by atoms with Crippen LogP contribution in [0, 0.1) is 0 Å². The van der Waals surface area contributed by atoms with Crippen LogP contribution in [0.5, 0.6) is 0 Å². The highest BCUT2D eigenvalue weighted by molar-refractivity contribution is 5.89. The maximum absolute atomic E-state index is 12.7. The molecule has 1 aromatic carbocycles. The molecule has 0 atom stereocenters. The van der Waals surface area contributed by atoms with Crippen molar-refractivity contribution < 1.29 is 18.0 Å². The van der Waals surface area contributed by atoms with Crippen molar-refractivity contribution in [3.63, 3.8) is 0 Å². The SMILES string of the molecule is O=C(Cn1cnnn1)Nc1ccn(-c2cccc(C(F)(F)F)c2)n1. The molecule has 0 spiro atoms. The van der Waals surface area contributed by atoms with Crippen LogP contribution in [0.2, 0.25) is 0 Å². The Morgan fingerprint density at radius 3 is 2.79 bits per heavy atom. The summed E-state index contributed by atoms with van der Waals surface area (Å²) >= 11 is 0. The number of nitrogens with one attached hydrogen (secondary N) is 1. The molecule has 0 aliphatic carbocycles. The number of rotatable bonds is 4. The first-order valence-corrected chi connectivity index (χ1v) is 6.66. The van der Waals surface area contributed by atoms with Crippen molar-refractivity contribution >= 4 is 11.7 Å². The van der Waals surface area contributed by atoms with E-state index >= 15 is 0 Å². The first-order chi connectivity index (χ1) is 11.4. The maximum Gasteiger partial charge on any atom is 0.416 e. The van der Waals surface area contributed by atoms with Gasteiger partial charge in [-0.05, 0) is 28.6 Å². The van der Waals surface area contributed by atoms with Crippen LogP contribution < -0.4 is 5.32 Å². The predicted molar refractivity (Wildman–Crippen MR) is 75.0 cm³/mol. The third kappa shape index (κ3) is 3.56. The van der Waals surface area contributed by atoms with Gasteiger partial charge in [-0.15, -0.1) is 5.10 Å². The minimum Gasteiger partial charge on any atom is -0.308 e. The summed E-state index contributed by atoms with van der Waals surface area (Å²) in [5.74, 6) is -0.220. The Morgan fingerprint density at radius 2 is 2.08 bits per heavy atom. The second-order valence-corrected chi connectivity index (χ2v) is 4.75. The minimum atomic E-state index is -4.44. The predicted octanol–water partition coefficient (Wildman–Crippen LogP) is 1.52. The number of carbonyl (C=O) groups excluding carboxylic acids is 1. The monoisotopic (exact) mass is 337 g/mol. The average Bonchev–Trinajstić information content (AvgIpc) is 3.18. The summed E-state index contributed by atoms with van der Waals surface area (Å²) in [5.41, 5.74) is -0.550. The summed E-state index contributed by atoms with van der Waals surface area (Å²) in [7, 11) is 0. The van der Waals surface area contributed by atoms with Gasteiger partial charge in [0.15, 0.2) is 5.82 Å². The minimum absolute atomic E-state index is 0.108. The second kappa shape index (κ2) is 6.10. The van der Waals surface area contributed by atoms with Gasteiger partial charge in [0.1, 0.15) is 12.9 Å². The summed E-state index contributed by atoms with van der Waals surface area (Å²) < 4.78 is 40.7. The van der Waals surface area contributed by atoms with Gasteiger partial charge in [0.05, 0.1) is 11.3 Å². The lowest BCUT2D eigenvalue weighted by atomic mass is 10.2. The van der Waals surface area contributed by atoms with E-state index in [1.807, 2.05) is 0 Å². The number of anilines is 1. The molecule has 2 heterocycles. The van der Waals surface area contributed by atoms with E-state index in [4.69, 9.17) is 0 Å². The molecule has 1 N–H and O–H groups in total. The number of nitrogens with zero attached hydrogens (tertiary/aromatic N) is 6. The molecule has 24 heavy (non-hydrogen) atoms. The molecule has 3 rings (SSSR count). The summed E-state index contributed by atoms with van der Waals surface area (Å²) in [6.07, 6.45) is -1.71. The number of benzene rings is 1. The van der Waals surface area contributed by atoms with Crippen molar-refractivity contribution in [2.24, 2.45) is 0 Å². The van der Waals surface area contributed by atoms with Gasteiger partial charge >= 0.3 is 6.18 Å². The highest BCUT2D eigenvalue weighted by Crippen LogP contribution is 2.30. The van der Waals surface area contributed by atoms with Crippen LogP contribution in [0.25, 0.3) is 5.69 Å². The Hall–Kier alpha value is -3.24. The third-order valence-corrected chi connectivity index (χ3v) is 2.99. The number of tetrazole rings is 1. The average molecular weight is 337 g/mol. The van der Waals surface area contributed by atoms with E-state index in [1.54, 1.807) is 0 Å². The molecular formula is C13H10F3N7O. The highest BCUT2D eigenvalue weighted by atomic mass is 19.4. The van der Waals surface area contributed by atoms with E-state index in [9.17, 15) is 18.0 Å². The zero-order valence-electron chi connectivity index (χ0n) is 12.0. The van der Waals surface area contributed by atoms with E-state index in [1.165, 1.54) is 40.1 Å². The Balaban J connectivity index is 1.72. The molecule has 0 radical (unpaired) electrons. The lowest BCUT2D eigenvalue weighted by Crippen LogP contribution is -2.19. The zero-order chi connectivity index (χ0) is 17.2. The molecule has 3 aromatic rings. The Morgan fingerprint density at radius 1 is 1.25 bits per heavy atom. The highest BCUT2D eigenvalue weighted by Gasteiger charge is 2.30. The molecule has 11 heteroatoms. The van der Waals surface area contributed by atoms with Gasteiger partial charge in [-0.3, -0.25) is 4.79 Å². The van der Waals surface area contributed by atoms with Crippen molar-refractivity contribution in [1.82, 2.24) is 30.0 Å². The number of halogens is 3. The Labute approximate surface area is 132 Å². The molecule has 0 fully saturated rings. The van der Waals surface area contributed by atoms with Gasteiger partial charge in [0, 0.05) is 12.3 Å². The van der Waals surface area contributed by atoms with Crippen molar-refractivity contribution in [3.05, 3.63) is 48.4 Å². The van der Waals surface area contributed by atoms with E-state index < -0.39 is 17.6 Å². The van der Waals surface area contributed by atoms with Gasteiger partial charge in [-0.25, -0.2) is 9.36 Å². The number of aromatic nitrogens is 6. The molecule has 0 unspecified atom stereocenters. The van der Waals surface area contributed by atoms with Gasteiger partial charge in [-0.2, -0.15) is 18.3 Å². The fourth-order valence-corrected chi connectivity index (χ4v) is 1.94. The van der Waals surface area contributed by atoms with Gasteiger partial charge in [0.2, 0.25) is 5.91 Å². The topological polar surface area (TPSA) is 90.5 Å². The van der Waals surface area contributed by atoms with E-state index in [-0.39, 0.29) is 18.1 Å². The van der Waals surface area contributed by atoms with Crippen LogP contribution in [0.15, 0.2) is 42.9 Å². The van der Waals surface area contributed by atoms with Crippen molar-refractivity contribution in [1.29, 1.82) is 0 Å². The summed E-state index contributed by atoms with van der Waals surface area (Å²) in [5, 5.41) is 16.9. The van der Waals surface area contributed by atoms with E-state index in [0.717, 1.165) is 12.1 Å². The molecule has 0 saturated heterocycles. The largest absolute Gasteiger partial charge is 0.416 e. The molecule has 8 nitrogen and oxygen atoms in total. The van der Waals surface area contributed by atoms with Crippen LogP contribution in [0.3, 0.4) is 0 Å². The van der Waals surface area contributed by atoms with E-state index in [0.29, 0.717) is 0 Å². The maximum atomic E-state index is 12.7. The van der Waals surface area contributed by atoms with Crippen molar-refractivity contribution in [2.75, 3.05) is 5.32 Å². The van der Waals surface area contributed by atoms with Gasteiger partial charge in [0.25, 0.3) is 0 Å². The smallest absolute Gasteiger partial charge is 0.308 e. The summed E-state index contributed by atoms with van der Waals surface area (Å²) in [6, 6.07) is 6.18. The fraction of sp³-hybridized carbons (Fsp3) is 0.154. The van der Waals surface area contributed by atoms with Crippen LogP contribution in [0.4, 0.5) is 19.0 Å². The quantitative estimate of drug-likeness (QED) is 0.779. The molecule has 0 saturated carbocycles. The zero-order valence-corrected chi connectivity index (χ0v) is 12.0. The molecule has 0 aliphatic heterocycles. The lowest BCUT2D eigenvalue weighted by Gasteiger charge is -2.08. The van der Waals surface area contributed by atoms with Gasteiger partial charge < -0.3 is 5.32 Å². The van der Waals surface area contributed by atoms with Crippen LogP contribution in [0.1, 0.15) is 5.56 Å². The van der Waals surface area contributed by atoms with Crippen LogP contribution in [-0.2, 0) is 17.5 Å². The number of hydrogen-bond donors (Lipinski definition) is 1. The van der Waals surface area contributed by atoms with E-state index in [2.05, 4.69) is 25.9 Å². The molecule has 0 aliphatic rings. The van der Waals surface area contributed by atoms with Crippen molar-refractivity contribution in [3.8, 4) is 5.69 Å². The molecule has 0 bridgehead atoms. The number of hydrogen-bond acceptors (Lipinski definition) is 5. The summed E-state index contributed by atoms with van der Waals surface area (Å²) in [4.78, 5) is 11.8. The number of carbonyl (C=O) groups is 1.